The third-order valence-corrected chi connectivity index (χ3v) is 6.06. The number of likely N-dealkylation sites (tertiary alicyclic amines) is 1. The van der Waals surface area contributed by atoms with Crippen molar-refractivity contribution >= 4 is 34.1 Å². The van der Waals surface area contributed by atoms with Crippen LogP contribution in [0.4, 0.5) is 5.69 Å². The normalized spacial score (nSPS) is 14.9. The summed E-state index contributed by atoms with van der Waals surface area (Å²) in [6.07, 6.45) is 2.09. The van der Waals surface area contributed by atoms with Gasteiger partial charge in [-0.3, -0.25) is 0 Å². The van der Waals surface area contributed by atoms with Crippen molar-refractivity contribution in [1.29, 1.82) is 0 Å². The number of aromatic amines is 1. The van der Waals surface area contributed by atoms with Gasteiger partial charge in [0.15, 0.2) is 5.11 Å². The maximum atomic E-state index is 5.64. The van der Waals surface area contributed by atoms with E-state index >= 15 is 0 Å². The molecule has 152 valence electrons. The predicted molar refractivity (Wildman–Crippen MR) is 123 cm³/mol. The van der Waals surface area contributed by atoms with Gasteiger partial charge in [-0.15, -0.1) is 0 Å². The van der Waals surface area contributed by atoms with Crippen molar-refractivity contribution in [3.63, 3.8) is 0 Å². The van der Waals surface area contributed by atoms with E-state index < -0.39 is 0 Å². The fourth-order valence-electron chi connectivity index (χ4n) is 3.84. The Bertz CT molecular complexity index is 965. The van der Waals surface area contributed by atoms with Crippen molar-refractivity contribution in [2.75, 3.05) is 25.0 Å². The van der Waals surface area contributed by atoms with Crippen molar-refractivity contribution in [3.8, 4) is 5.75 Å². The first-order valence-corrected chi connectivity index (χ1v) is 10.7. The summed E-state index contributed by atoms with van der Waals surface area (Å²) in [6.45, 7) is 8.81. The molecule has 2 N–H and O–H groups in total. The van der Waals surface area contributed by atoms with E-state index in [0.29, 0.717) is 12.5 Å². The Labute approximate surface area is 177 Å². The highest BCUT2D eigenvalue weighted by atomic mass is 32.1. The zero-order chi connectivity index (χ0) is 20.4. The third kappa shape index (κ3) is 4.37. The number of imidazole rings is 1. The number of H-pyrrole nitrogens is 1. The molecule has 0 radical (unpaired) electrons. The summed E-state index contributed by atoms with van der Waals surface area (Å²) in [5, 5.41) is 4.13. The number of thiocarbonyl (C=S) groups is 1. The van der Waals surface area contributed by atoms with Gasteiger partial charge in [-0.2, -0.15) is 0 Å². The maximum Gasteiger partial charge on any atom is 0.173 e. The van der Waals surface area contributed by atoms with E-state index in [1.807, 2.05) is 31.2 Å². The second kappa shape index (κ2) is 8.41. The van der Waals surface area contributed by atoms with Crippen molar-refractivity contribution in [2.24, 2.45) is 0 Å². The molecule has 2 heterocycles. The van der Waals surface area contributed by atoms with Gasteiger partial charge in [0.2, 0.25) is 0 Å². The Hall–Kier alpha value is -2.60. The smallest absolute Gasteiger partial charge is 0.173 e. The van der Waals surface area contributed by atoms with Crippen LogP contribution in [0.2, 0.25) is 0 Å². The lowest BCUT2D eigenvalue weighted by atomic mass is 9.96. The fourth-order valence-corrected chi connectivity index (χ4v) is 4.14. The Morgan fingerprint density at radius 2 is 1.86 bits per heavy atom. The quantitative estimate of drug-likeness (QED) is 0.585. The lowest BCUT2D eigenvalue weighted by Gasteiger charge is -2.33. The molecule has 1 fully saturated rings. The van der Waals surface area contributed by atoms with Gasteiger partial charge >= 0.3 is 0 Å². The number of anilines is 1. The summed E-state index contributed by atoms with van der Waals surface area (Å²) in [5.41, 5.74) is 5.78. The minimum absolute atomic E-state index is 0.451. The number of hydrogen-bond donors (Lipinski definition) is 2. The SMILES string of the molecule is CCOc1ccc(NC(=S)N2CCC(c3nc4cc(C)c(C)cc4[nH]3)CC2)cc1. The van der Waals surface area contributed by atoms with Crippen LogP contribution in [0.15, 0.2) is 36.4 Å². The van der Waals surface area contributed by atoms with Gasteiger partial charge in [0.1, 0.15) is 11.6 Å². The molecule has 3 aromatic rings. The van der Waals surface area contributed by atoms with Crippen molar-refractivity contribution in [1.82, 2.24) is 14.9 Å². The third-order valence-electron chi connectivity index (χ3n) is 5.70. The average molecular weight is 409 g/mol. The average Bonchev–Trinajstić information content (AvgIpc) is 3.13. The number of benzene rings is 2. The van der Waals surface area contributed by atoms with Crippen molar-refractivity contribution < 1.29 is 4.74 Å². The van der Waals surface area contributed by atoms with Crippen LogP contribution in [0.1, 0.15) is 42.6 Å². The van der Waals surface area contributed by atoms with Gasteiger partial charge in [0, 0.05) is 24.7 Å². The number of nitrogens with one attached hydrogen (secondary N) is 2. The first kappa shape index (κ1) is 19.7. The summed E-state index contributed by atoms with van der Waals surface area (Å²) >= 11 is 5.64. The van der Waals surface area contributed by atoms with Crippen LogP contribution < -0.4 is 10.1 Å². The summed E-state index contributed by atoms with van der Waals surface area (Å²) < 4.78 is 5.49. The van der Waals surface area contributed by atoms with E-state index in [1.54, 1.807) is 0 Å². The summed E-state index contributed by atoms with van der Waals surface area (Å²) in [4.78, 5) is 10.7. The number of aromatic nitrogens is 2. The number of nitrogens with zero attached hydrogens (tertiary/aromatic N) is 2. The highest BCUT2D eigenvalue weighted by Gasteiger charge is 2.24. The van der Waals surface area contributed by atoms with Crippen LogP contribution in [0, 0.1) is 13.8 Å². The Kier molecular flexibility index (Phi) is 5.72. The first-order valence-electron chi connectivity index (χ1n) is 10.3. The van der Waals surface area contributed by atoms with E-state index in [4.69, 9.17) is 21.9 Å². The van der Waals surface area contributed by atoms with E-state index in [9.17, 15) is 0 Å². The molecule has 4 rings (SSSR count). The highest BCUT2D eigenvalue weighted by molar-refractivity contribution is 7.80. The molecule has 2 aromatic carbocycles. The van der Waals surface area contributed by atoms with Crippen LogP contribution in [0.3, 0.4) is 0 Å². The topological polar surface area (TPSA) is 53.2 Å². The lowest BCUT2D eigenvalue weighted by molar-refractivity contribution is 0.311. The predicted octanol–water partition coefficient (Wildman–Crippen LogP) is 5.15. The van der Waals surface area contributed by atoms with Crippen LogP contribution in [0.25, 0.3) is 11.0 Å². The van der Waals surface area contributed by atoms with Crippen LogP contribution in [-0.2, 0) is 0 Å². The molecular formula is C23H28N4OS. The van der Waals surface area contributed by atoms with Gasteiger partial charge in [0.05, 0.1) is 17.6 Å². The molecule has 0 aliphatic carbocycles. The van der Waals surface area contributed by atoms with E-state index in [0.717, 1.165) is 59.3 Å². The molecule has 0 amide bonds. The molecule has 0 spiro atoms. The van der Waals surface area contributed by atoms with E-state index in [1.165, 1.54) is 11.1 Å². The molecule has 0 bridgehead atoms. The second-order valence-corrected chi connectivity index (χ2v) is 8.11. The van der Waals surface area contributed by atoms with Gasteiger partial charge < -0.3 is 19.9 Å². The molecule has 1 aliphatic heterocycles. The molecule has 0 atom stereocenters. The van der Waals surface area contributed by atoms with Gasteiger partial charge in [-0.05, 0) is 93.4 Å². The number of aryl methyl sites for hydroxylation is 2. The Balaban J connectivity index is 1.35. The monoisotopic (exact) mass is 408 g/mol. The number of piperidine rings is 1. The van der Waals surface area contributed by atoms with E-state index in [-0.39, 0.29) is 0 Å². The molecule has 0 unspecified atom stereocenters. The number of fused-ring (bicyclic) bond motifs is 1. The van der Waals surface area contributed by atoms with Crippen LogP contribution in [0.5, 0.6) is 5.75 Å². The van der Waals surface area contributed by atoms with Crippen LogP contribution in [-0.4, -0.2) is 39.7 Å². The minimum Gasteiger partial charge on any atom is -0.494 e. The van der Waals surface area contributed by atoms with Crippen LogP contribution >= 0.6 is 12.2 Å². The molecule has 29 heavy (non-hydrogen) atoms. The molecule has 1 aromatic heterocycles. The minimum atomic E-state index is 0.451. The standard InChI is InChI=1S/C23H28N4OS/c1-4-28-19-7-5-18(6-8-19)24-23(29)27-11-9-17(10-12-27)22-25-20-13-15(2)16(3)14-21(20)26-22/h5-8,13-14,17H,4,9-12H2,1-3H3,(H,24,29)(H,25,26). The summed E-state index contributed by atoms with van der Waals surface area (Å²) in [5.74, 6) is 2.43. The van der Waals surface area contributed by atoms with E-state index in [2.05, 4.69) is 41.2 Å². The first-order chi connectivity index (χ1) is 14.0. The molecule has 5 nitrogen and oxygen atoms in total. The zero-order valence-corrected chi connectivity index (χ0v) is 18.1. The molecule has 1 aliphatic rings. The Morgan fingerprint density at radius 3 is 2.55 bits per heavy atom. The van der Waals surface area contributed by atoms with Crippen molar-refractivity contribution in [3.05, 3.63) is 53.3 Å². The summed E-state index contributed by atoms with van der Waals surface area (Å²) in [6, 6.07) is 12.3. The highest BCUT2D eigenvalue weighted by Crippen LogP contribution is 2.29. The van der Waals surface area contributed by atoms with Gasteiger partial charge in [-0.25, -0.2) is 4.98 Å². The molecule has 0 saturated carbocycles. The fraction of sp³-hybridized carbons (Fsp3) is 0.391. The number of ether oxygens (including phenoxy) is 1. The summed E-state index contributed by atoms with van der Waals surface area (Å²) in [7, 11) is 0. The second-order valence-electron chi connectivity index (χ2n) is 7.72. The zero-order valence-electron chi connectivity index (χ0n) is 17.3. The van der Waals surface area contributed by atoms with Crippen molar-refractivity contribution in [2.45, 2.75) is 39.5 Å². The molecular weight excluding hydrogens is 380 g/mol. The Morgan fingerprint density at radius 1 is 1.17 bits per heavy atom. The number of rotatable bonds is 4. The lowest BCUT2D eigenvalue weighted by Crippen LogP contribution is -2.40. The van der Waals surface area contributed by atoms with Gasteiger partial charge in [-0.1, -0.05) is 0 Å². The molecule has 6 heteroatoms. The molecule has 1 saturated heterocycles. The largest absolute Gasteiger partial charge is 0.494 e. The van der Waals surface area contributed by atoms with Gasteiger partial charge in [0.25, 0.3) is 0 Å². The number of hydrogen-bond acceptors (Lipinski definition) is 3. The maximum absolute atomic E-state index is 5.64.